The van der Waals surface area contributed by atoms with Crippen LogP contribution < -0.4 is 14.4 Å². The maximum atomic E-state index is 14.8. The SMILES string of the molecule is CCCCNC(=O)[C@H](Cc1ccccc1)N(Cc1c(Cl)cccc1Cl)C(=O)CN(c1cc(Cl)ccc1OC)S(=O)(=O)c1ccc(C)c([N+](=O)[O-])c1. The van der Waals surface area contributed by atoms with Crippen LogP contribution >= 0.6 is 34.8 Å². The molecule has 4 rings (SSSR count). The largest absolute Gasteiger partial charge is 0.495 e. The maximum Gasteiger partial charge on any atom is 0.273 e. The summed E-state index contributed by atoms with van der Waals surface area (Å²) in [5, 5.41) is 15.3. The Kier molecular flexibility index (Phi) is 13.7. The van der Waals surface area contributed by atoms with Crippen molar-refractivity contribution >= 4 is 68.0 Å². The quantitative estimate of drug-likeness (QED) is 0.0702. The molecule has 11 nitrogen and oxygen atoms in total. The first kappa shape index (κ1) is 39.4. The lowest BCUT2D eigenvalue weighted by Crippen LogP contribution is -2.53. The van der Waals surface area contributed by atoms with E-state index in [1.54, 1.807) is 30.3 Å². The first-order valence-corrected chi connectivity index (χ1v) is 18.5. The van der Waals surface area contributed by atoms with E-state index in [4.69, 9.17) is 39.5 Å². The number of nitrogens with zero attached hydrogens (tertiary/aromatic N) is 3. The Morgan fingerprint density at radius 3 is 2.27 bits per heavy atom. The normalized spacial score (nSPS) is 11.8. The molecule has 4 aromatic rings. The van der Waals surface area contributed by atoms with Gasteiger partial charge in [0.2, 0.25) is 11.8 Å². The fourth-order valence-corrected chi connectivity index (χ4v) is 7.48. The molecule has 0 unspecified atom stereocenters. The van der Waals surface area contributed by atoms with Gasteiger partial charge in [0.25, 0.3) is 15.7 Å². The summed E-state index contributed by atoms with van der Waals surface area (Å²) in [5.41, 5.74) is 0.788. The Morgan fingerprint density at radius 2 is 1.65 bits per heavy atom. The summed E-state index contributed by atoms with van der Waals surface area (Å²) in [6.45, 7) is 2.68. The van der Waals surface area contributed by atoms with Gasteiger partial charge in [0.05, 0.1) is 22.6 Å². The zero-order chi connectivity index (χ0) is 37.3. The average molecular weight is 776 g/mol. The molecule has 51 heavy (non-hydrogen) atoms. The first-order chi connectivity index (χ1) is 24.3. The number of carbonyl (C=O) groups excluding carboxylic acids is 2. The van der Waals surface area contributed by atoms with Gasteiger partial charge in [-0.15, -0.1) is 0 Å². The van der Waals surface area contributed by atoms with Crippen LogP contribution in [-0.4, -0.2) is 56.3 Å². The Balaban J connectivity index is 1.91. The number of anilines is 1. The van der Waals surface area contributed by atoms with Gasteiger partial charge in [0, 0.05) is 51.8 Å². The van der Waals surface area contributed by atoms with Crippen molar-refractivity contribution < 1.29 is 27.7 Å². The zero-order valence-electron chi connectivity index (χ0n) is 28.1. The van der Waals surface area contributed by atoms with Crippen molar-refractivity contribution in [2.45, 2.75) is 50.6 Å². The molecule has 1 N–H and O–H groups in total. The molecule has 15 heteroatoms. The van der Waals surface area contributed by atoms with Gasteiger partial charge in [-0.05, 0) is 55.3 Å². The first-order valence-electron chi connectivity index (χ1n) is 15.9. The third-order valence-corrected chi connectivity index (χ3v) is 10.8. The molecule has 0 aliphatic rings. The molecule has 0 radical (unpaired) electrons. The number of benzene rings is 4. The molecular weight excluding hydrogens is 739 g/mol. The maximum absolute atomic E-state index is 14.8. The summed E-state index contributed by atoms with van der Waals surface area (Å²) in [5.74, 6) is -1.21. The summed E-state index contributed by atoms with van der Waals surface area (Å²) in [6.07, 6.45) is 1.58. The third kappa shape index (κ3) is 9.70. The van der Waals surface area contributed by atoms with E-state index >= 15 is 0 Å². The number of carbonyl (C=O) groups is 2. The number of methoxy groups -OCH3 is 1. The molecule has 1 atom stereocenters. The van der Waals surface area contributed by atoms with E-state index in [2.05, 4.69) is 5.32 Å². The van der Waals surface area contributed by atoms with E-state index < -0.39 is 49.9 Å². The molecule has 0 aromatic heterocycles. The van der Waals surface area contributed by atoms with Gasteiger partial charge in [-0.2, -0.15) is 0 Å². The fourth-order valence-electron chi connectivity index (χ4n) is 5.36. The summed E-state index contributed by atoms with van der Waals surface area (Å²) < 4.78 is 35.3. The molecule has 0 saturated heterocycles. The predicted octanol–water partition coefficient (Wildman–Crippen LogP) is 7.62. The van der Waals surface area contributed by atoms with Crippen LogP contribution in [0.25, 0.3) is 0 Å². The molecule has 270 valence electrons. The van der Waals surface area contributed by atoms with Gasteiger partial charge in [-0.1, -0.05) is 90.6 Å². The molecule has 2 amide bonds. The van der Waals surface area contributed by atoms with Gasteiger partial charge in [0.15, 0.2) is 0 Å². The number of sulfonamides is 1. The number of halogens is 3. The topological polar surface area (TPSA) is 139 Å². The van der Waals surface area contributed by atoms with E-state index in [-0.39, 0.29) is 45.0 Å². The molecule has 0 bridgehead atoms. The second-order valence-electron chi connectivity index (χ2n) is 11.6. The summed E-state index contributed by atoms with van der Waals surface area (Å²) in [7, 11) is -3.41. The molecule has 0 saturated carbocycles. The van der Waals surface area contributed by atoms with Crippen LogP contribution in [-0.2, 0) is 32.6 Å². The summed E-state index contributed by atoms with van der Waals surface area (Å²) >= 11 is 19.5. The highest BCUT2D eigenvalue weighted by atomic mass is 35.5. The number of hydrogen-bond acceptors (Lipinski definition) is 7. The minimum Gasteiger partial charge on any atom is -0.495 e. The number of rotatable bonds is 16. The predicted molar refractivity (Wildman–Crippen MR) is 199 cm³/mol. The standard InChI is InChI=1S/C36H37Cl3N4O7S/c1-4-5-18-40-36(45)33(19-25-10-7-6-8-11-25)41(22-28-29(38)12-9-13-30(28)39)35(44)23-42(32-20-26(37)15-17-34(32)50-3)51(48,49)27-16-14-24(2)31(21-27)43(46)47/h6-17,20-21,33H,4-5,18-19,22-23H2,1-3H3,(H,40,45)/t33-/m0/s1. The second-order valence-corrected chi connectivity index (χ2v) is 14.7. The summed E-state index contributed by atoms with van der Waals surface area (Å²) in [6, 6.07) is 20.4. The van der Waals surface area contributed by atoms with Gasteiger partial charge in [-0.3, -0.25) is 24.0 Å². The summed E-state index contributed by atoms with van der Waals surface area (Å²) in [4.78, 5) is 40.7. The molecular formula is C36H37Cl3N4O7S. The number of hydrogen-bond donors (Lipinski definition) is 1. The lowest BCUT2D eigenvalue weighted by molar-refractivity contribution is -0.385. The minimum atomic E-state index is -4.73. The van der Waals surface area contributed by atoms with Crippen LogP contribution in [0.4, 0.5) is 11.4 Å². The minimum absolute atomic E-state index is 0.0521. The van der Waals surface area contributed by atoms with E-state index in [9.17, 15) is 28.1 Å². The number of unbranched alkanes of at least 4 members (excludes halogenated alkanes) is 1. The lowest BCUT2D eigenvalue weighted by Gasteiger charge is -2.34. The number of nitro groups is 1. The van der Waals surface area contributed by atoms with Crippen molar-refractivity contribution in [1.29, 1.82) is 0 Å². The van der Waals surface area contributed by atoms with Crippen molar-refractivity contribution in [3.63, 3.8) is 0 Å². The highest BCUT2D eigenvalue weighted by Crippen LogP contribution is 2.36. The second kappa shape index (κ2) is 17.7. The van der Waals surface area contributed by atoms with Crippen LogP contribution in [0.1, 0.15) is 36.5 Å². The lowest BCUT2D eigenvalue weighted by atomic mass is 10.0. The van der Waals surface area contributed by atoms with Crippen molar-refractivity contribution in [2.75, 3.05) is 24.5 Å². The van der Waals surface area contributed by atoms with E-state index in [1.165, 1.54) is 49.3 Å². The fraction of sp³-hybridized carbons (Fsp3) is 0.278. The Bertz CT molecular complexity index is 1980. The van der Waals surface area contributed by atoms with E-state index in [0.29, 0.717) is 18.5 Å². The van der Waals surface area contributed by atoms with E-state index in [0.717, 1.165) is 22.4 Å². The molecule has 4 aromatic carbocycles. The van der Waals surface area contributed by atoms with Crippen LogP contribution in [0.15, 0.2) is 89.8 Å². The number of nitro benzene ring substituents is 1. The average Bonchev–Trinajstić information content (AvgIpc) is 3.10. The van der Waals surface area contributed by atoms with Crippen molar-refractivity contribution in [1.82, 2.24) is 10.2 Å². The highest BCUT2D eigenvalue weighted by Gasteiger charge is 2.37. The number of amides is 2. The monoisotopic (exact) mass is 774 g/mol. The van der Waals surface area contributed by atoms with Crippen LogP contribution in [0.3, 0.4) is 0 Å². The molecule has 0 aliphatic carbocycles. The Hall–Kier alpha value is -4.36. The molecule has 0 fully saturated rings. The van der Waals surface area contributed by atoms with Crippen molar-refractivity contribution in [2.24, 2.45) is 0 Å². The zero-order valence-corrected chi connectivity index (χ0v) is 31.2. The third-order valence-electron chi connectivity index (χ3n) is 8.14. The number of nitrogens with one attached hydrogen (secondary N) is 1. The smallest absolute Gasteiger partial charge is 0.273 e. The molecule has 0 spiro atoms. The van der Waals surface area contributed by atoms with Crippen LogP contribution in [0, 0.1) is 17.0 Å². The number of ether oxygens (including phenoxy) is 1. The Morgan fingerprint density at radius 1 is 0.961 bits per heavy atom. The van der Waals surface area contributed by atoms with Gasteiger partial charge in [0.1, 0.15) is 18.3 Å². The Labute approximate surface area is 312 Å². The van der Waals surface area contributed by atoms with Gasteiger partial charge in [-0.25, -0.2) is 8.42 Å². The number of aryl methyl sites for hydroxylation is 1. The van der Waals surface area contributed by atoms with E-state index in [1.807, 2.05) is 25.1 Å². The molecule has 0 heterocycles. The highest BCUT2D eigenvalue weighted by molar-refractivity contribution is 7.92. The van der Waals surface area contributed by atoms with Gasteiger partial charge < -0.3 is 15.0 Å². The van der Waals surface area contributed by atoms with Crippen molar-refractivity contribution in [3.8, 4) is 5.75 Å². The van der Waals surface area contributed by atoms with Crippen LogP contribution in [0.5, 0.6) is 5.75 Å². The van der Waals surface area contributed by atoms with Gasteiger partial charge >= 0.3 is 0 Å². The van der Waals surface area contributed by atoms with Crippen molar-refractivity contribution in [3.05, 3.63) is 127 Å². The van der Waals surface area contributed by atoms with Crippen LogP contribution in [0.2, 0.25) is 15.1 Å². The molecule has 0 aliphatic heterocycles.